The lowest BCUT2D eigenvalue weighted by Gasteiger charge is -2.09. The van der Waals surface area contributed by atoms with Gasteiger partial charge in [0, 0.05) is 10.6 Å². The molecule has 0 radical (unpaired) electrons. The van der Waals surface area contributed by atoms with Gasteiger partial charge in [-0.15, -0.1) is 6.42 Å². The van der Waals surface area contributed by atoms with Crippen LogP contribution in [0.5, 0.6) is 5.75 Å². The first-order valence-electron chi connectivity index (χ1n) is 6.58. The van der Waals surface area contributed by atoms with Crippen LogP contribution < -0.4 is 4.74 Å². The number of ether oxygens (including phenoxy) is 1. The maximum atomic E-state index is 9.46. The van der Waals surface area contributed by atoms with E-state index in [0.717, 1.165) is 14.5 Å². The molecule has 0 saturated carbocycles. The standard InChI is InChI=1S/C18H9Br2Cl2NO/c1-2-5-24-18-15(19)7-11(8-16(18)20)6-12(10-23)14-4-3-13(21)9-17(14)22/h1,3-4,6-9H,5H2/b12-6+. The molecule has 2 nitrogen and oxygen atoms in total. The summed E-state index contributed by atoms with van der Waals surface area (Å²) in [5, 5.41) is 10.4. The van der Waals surface area contributed by atoms with E-state index in [1.807, 2.05) is 12.1 Å². The Kier molecular flexibility index (Phi) is 6.78. The van der Waals surface area contributed by atoms with Crippen molar-refractivity contribution in [2.24, 2.45) is 0 Å². The van der Waals surface area contributed by atoms with Crippen molar-refractivity contribution in [2.75, 3.05) is 6.61 Å². The summed E-state index contributed by atoms with van der Waals surface area (Å²) < 4.78 is 6.91. The summed E-state index contributed by atoms with van der Waals surface area (Å²) in [6.07, 6.45) is 6.94. The predicted octanol–water partition coefficient (Wildman–Crippen LogP) is 6.59. The van der Waals surface area contributed by atoms with Crippen molar-refractivity contribution in [2.45, 2.75) is 0 Å². The van der Waals surface area contributed by atoms with Gasteiger partial charge in [-0.3, -0.25) is 0 Å². The Balaban J connectivity index is 2.45. The van der Waals surface area contributed by atoms with Crippen LogP contribution in [-0.4, -0.2) is 6.61 Å². The molecular formula is C18H9Br2Cl2NO. The Bertz CT molecular complexity index is 872. The molecule has 0 unspecified atom stereocenters. The van der Waals surface area contributed by atoms with E-state index in [0.29, 0.717) is 26.9 Å². The van der Waals surface area contributed by atoms with Crippen molar-refractivity contribution in [1.29, 1.82) is 5.26 Å². The van der Waals surface area contributed by atoms with E-state index in [-0.39, 0.29) is 6.61 Å². The monoisotopic (exact) mass is 483 g/mol. The number of terminal acetylenes is 1. The molecule has 0 aliphatic carbocycles. The minimum absolute atomic E-state index is 0.163. The SMILES string of the molecule is C#CCOc1c(Br)cc(/C=C(\C#N)c2ccc(Cl)cc2Cl)cc1Br. The molecule has 6 heteroatoms. The van der Waals surface area contributed by atoms with Crippen molar-refractivity contribution in [3.8, 4) is 24.2 Å². The molecule has 0 spiro atoms. The van der Waals surface area contributed by atoms with Crippen molar-refractivity contribution in [3.05, 3.63) is 60.4 Å². The van der Waals surface area contributed by atoms with Crippen LogP contribution >= 0.6 is 55.1 Å². The second kappa shape index (κ2) is 8.60. The van der Waals surface area contributed by atoms with Crippen LogP contribution in [0.2, 0.25) is 10.0 Å². The van der Waals surface area contributed by atoms with Crippen LogP contribution in [0.4, 0.5) is 0 Å². The van der Waals surface area contributed by atoms with Gasteiger partial charge >= 0.3 is 0 Å². The lowest BCUT2D eigenvalue weighted by Crippen LogP contribution is -1.96. The first-order valence-corrected chi connectivity index (χ1v) is 8.93. The van der Waals surface area contributed by atoms with Gasteiger partial charge < -0.3 is 4.74 Å². The molecule has 0 bridgehead atoms. The molecule has 0 aliphatic rings. The fourth-order valence-electron chi connectivity index (χ4n) is 1.96. The zero-order valence-electron chi connectivity index (χ0n) is 12.1. The van der Waals surface area contributed by atoms with Crippen LogP contribution in [-0.2, 0) is 0 Å². The second-order valence-electron chi connectivity index (χ2n) is 4.60. The number of nitrogens with zero attached hydrogens (tertiary/aromatic N) is 1. The van der Waals surface area contributed by atoms with Crippen LogP contribution in [0.25, 0.3) is 11.6 Å². The number of nitriles is 1. The average Bonchev–Trinajstić information content (AvgIpc) is 2.52. The van der Waals surface area contributed by atoms with Gasteiger partial charge in [-0.1, -0.05) is 35.2 Å². The number of halogens is 4. The maximum absolute atomic E-state index is 9.46. The molecule has 24 heavy (non-hydrogen) atoms. The van der Waals surface area contributed by atoms with E-state index in [2.05, 4.69) is 43.8 Å². The highest BCUT2D eigenvalue weighted by atomic mass is 79.9. The van der Waals surface area contributed by atoms with Crippen LogP contribution in [0.1, 0.15) is 11.1 Å². The molecule has 2 rings (SSSR count). The van der Waals surface area contributed by atoms with E-state index >= 15 is 0 Å². The molecule has 0 fully saturated rings. The Labute approximate surface area is 167 Å². The van der Waals surface area contributed by atoms with Gasteiger partial charge in [0.15, 0.2) is 0 Å². The normalized spacial score (nSPS) is 10.8. The lowest BCUT2D eigenvalue weighted by atomic mass is 10.0. The highest BCUT2D eigenvalue weighted by Crippen LogP contribution is 2.36. The van der Waals surface area contributed by atoms with Crippen LogP contribution in [0.3, 0.4) is 0 Å². The molecule has 0 amide bonds. The first-order chi connectivity index (χ1) is 11.5. The minimum atomic E-state index is 0.163. The molecule has 0 aliphatic heterocycles. The average molecular weight is 486 g/mol. The summed E-state index contributed by atoms with van der Waals surface area (Å²) in [6, 6.07) is 10.8. The summed E-state index contributed by atoms with van der Waals surface area (Å²) in [5.41, 5.74) is 1.83. The minimum Gasteiger partial charge on any atom is -0.479 e. The molecule has 120 valence electrons. The fourth-order valence-corrected chi connectivity index (χ4v) is 3.92. The van der Waals surface area contributed by atoms with E-state index in [9.17, 15) is 5.26 Å². The van der Waals surface area contributed by atoms with E-state index in [4.69, 9.17) is 34.4 Å². The number of benzene rings is 2. The largest absolute Gasteiger partial charge is 0.479 e. The number of allylic oxidation sites excluding steroid dienone is 1. The van der Waals surface area contributed by atoms with Gasteiger partial charge in [0.05, 0.1) is 25.6 Å². The molecule has 0 N–H and O–H groups in total. The van der Waals surface area contributed by atoms with Crippen LogP contribution in [0.15, 0.2) is 39.3 Å². The summed E-state index contributed by atoms with van der Waals surface area (Å²) in [6.45, 7) is 0.163. The third-order valence-electron chi connectivity index (χ3n) is 2.97. The van der Waals surface area contributed by atoms with Crippen molar-refractivity contribution in [3.63, 3.8) is 0 Å². The summed E-state index contributed by atoms with van der Waals surface area (Å²) in [5.74, 6) is 3.02. The Morgan fingerprint density at radius 2 is 1.88 bits per heavy atom. The summed E-state index contributed by atoms with van der Waals surface area (Å²) in [7, 11) is 0. The van der Waals surface area contributed by atoms with Crippen LogP contribution in [0, 0.1) is 23.7 Å². The van der Waals surface area contributed by atoms with E-state index in [1.165, 1.54) is 0 Å². The molecule has 2 aromatic carbocycles. The molecule has 0 heterocycles. The molecule has 0 atom stereocenters. The van der Waals surface area contributed by atoms with E-state index < -0.39 is 0 Å². The Morgan fingerprint density at radius 1 is 1.21 bits per heavy atom. The zero-order chi connectivity index (χ0) is 17.7. The lowest BCUT2D eigenvalue weighted by molar-refractivity contribution is 0.365. The highest BCUT2D eigenvalue weighted by Gasteiger charge is 2.11. The quantitative estimate of drug-likeness (QED) is 0.278. The topological polar surface area (TPSA) is 33.0 Å². The third-order valence-corrected chi connectivity index (χ3v) is 4.70. The number of rotatable bonds is 4. The summed E-state index contributed by atoms with van der Waals surface area (Å²) >= 11 is 19.0. The van der Waals surface area contributed by atoms with Crippen molar-refractivity contribution >= 4 is 66.7 Å². The molecular weight excluding hydrogens is 477 g/mol. The highest BCUT2D eigenvalue weighted by molar-refractivity contribution is 9.11. The van der Waals surface area contributed by atoms with Gasteiger partial charge in [-0.25, -0.2) is 0 Å². The second-order valence-corrected chi connectivity index (χ2v) is 7.15. The molecule has 0 saturated heterocycles. The number of hydrogen-bond acceptors (Lipinski definition) is 2. The van der Waals surface area contributed by atoms with Gasteiger partial charge in [0.25, 0.3) is 0 Å². The molecule has 2 aromatic rings. The Morgan fingerprint density at radius 3 is 2.42 bits per heavy atom. The van der Waals surface area contributed by atoms with Gasteiger partial charge in [0.1, 0.15) is 12.4 Å². The van der Waals surface area contributed by atoms with Crippen molar-refractivity contribution in [1.82, 2.24) is 0 Å². The Hall–Kier alpha value is -1.43. The smallest absolute Gasteiger partial charge is 0.149 e. The first kappa shape index (κ1) is 18.9. The van der Waals surface area contributed by atoms with E-state index in [1.54, 1.807) is 24.3 Å². The third kappa shape index (κ3) is 4.56. The summed E-state index contributed by atoms with van der Waals surface area (Å²) in [4.78, 5) is 0. The maximum Gasteiger partial charge on any atom is 0.149 e. The van der Waals surface area contributed by atoms with Gasteiger partial charge in [-0.2, -0.15) is 5.26 Å². The molecule has 0 aromatic heterocycles. The zero-order valence-corrected chi connectivity index (χ0v) is 16.8. The number of hydrogen-bond donors (Lipinski definition) is 0. The predicted molar refractivity (Wildman–Crippen MR) is 106 cm³/mol. The van der Waals surface area contributed by atoms with Gasteiger partial charge in [0.2, 0.25) is 0 Å². The van der Waals surface area contributed by atoms with Crippen molar-refractivity contribution < 1.29 is 4.74 Å². The van der Waals surface area contributed by atoms with Gasteiger partial charge in [-0.05, 0) is 67.8 Å². The fraction of sp³-hybridized carbons (Fsp3) is 0.0556.